The molecule has 0 spiro atoms. The monoisotopic (exact) mass is 334 g/mol. The topological polar surface area (TPSA) is 67.9 Å². The number of ether oxygens (including phenoxy) is 2. The lowest BCUT2D eigenvalue weighted by atomic mass is 10.0. The van der Waals surface area contributed by atoms with Crippen molar-refractivity contribution in [2.24, 2.45) is 5.92 Å². The van der Waals surface area contributed by atoms with E-state index in [1.807, 2.05) is 13.8 Å². The molecule has 1 fully saturated rings. The van der Waals surface area contributed by atoms with Crippen LogP contribution in [-0.2, 0) is 9.53 Å². The zero-order valence-corrected chi connectivity index (χ0v) is 14.6. The second kappa shape index (κ2) is 8.68. The van der Waals surface area contributed by atoms with Gasteiger partial charge in [-0.2, -0.15) is 0 Å². The normalized spacial score (nSPS) is 15.9. The van der Waals surface area contributed by atoms with Crippen molar-refractivity contribution in [2.75, 3.05) is 33.4 Å². The number of morpholine rings is 1. The van der Waals surface area contributed by atoms with Crippen LogP contribution in [0.2, 0.25) is 0 Å². The molecule has 2 rings (SSSR count). The molecule has 1 aromatic carbocycles. The van der Waals surface area contributed by atoms with E-state index in [1.165, 1.54) is 0 Å². The zero-order valence-electron chi connectivity index (χ0n) is 14.6. The smallest absolute Gasteiger partial charge is 0.252 e. The fraction of sp³-hybridized carbons (Fsp3) is 0.556. The third-order valence-electron chi connectivity index (χ3n) is 3.97. The Kier molecular flexibility index (Phi) is 6.61. The van der Waals surface area contributed by atoms with E-state index in [0.29, 0.717) is 50.0 Å². The van der Waals surface area contributed by atoms with Gasteiger partial charge in [0.2, 0.25) is 5.91 Å². The summed E-state index contributed by atoms with van der Waals surface area (Å²) in [6.45, 7) is 6.31. The van der Waals surface area contributed by atoms with E-state index in [-0.39, 0.29) is 11.8 Å². The van der Waals surface area contributed by atoms with Crippen molar-refractivity contribution in [3.63, 3.8) is 0 Å². The standard InChI is InChI=1S/C18H26N2O4/c1-13(2)11-16(18(22)20-7-9-24-10-8-20)19-17(21)14-5-4-6-15(12-14)23-3/h4-6,12-13,16H,7-11H2,1-3H3,(H,19,21)/t16-/m0/s1. The lowest BCUT2D eigenvalue weighted by Gasteiger charge is -2.31. The van der Waals surface area contributed by atoms with Crippen LogP contribution in [0.15, 0.2) is 24.3 Å². The SMILES string of the molecule is COc1cccc(C(=O)N[C@@H](CC(C)C)C(=O)N2CCOCC2)c1. The maximum Gasteiger partial charge on any atom is 0.252 e. The van der Waals surface area contributed by atoms with Gasteiger partial charge in [-0.1, -0.05) is 19.9 Å². The largest absolute Gasteiger partial charge is 0.497 e. The number of carbonyl (C=O) groups excluding carboxylic acids is 2. The summed E-state index contributed by atoms with van der Waals surface area (Å²) < 4.78 is 10.4. The molecule has 0 unspecified atom stereocenters. The molecule has 2 amide bonds. The van der Waals surface area contributed by atoms with Crippen LogP contribution in [0.4, 0.5) is 0 Å². The van der Waals surface area contributed by atoms with E-state index < -0.39 is 6.04 Å². The van der Waals surface area contributed by atoms with Gasteiger partial charge in [-0.25, -0.2) is 0 Å². The van der Waals surface area contributed by atoms with Gasteiger partial charge in [-0.05, 0) is 30.5 Å². The Balaban J connectivity index is 2.09. The van der Waals surface area contributed by atoms with E-state index in [4.69, 9.17) is 9.47 Å². The summed E-state index contributed by atoms with van der Waals surface area (Å²) in [5, 5.41) is 2.89. The van der Waals surface area contributed by atoms with E-state index in [0.717, 1.165) is 0 Å². The summed E-state index contributed by atoms with van der Waals surface area (Å²) in [6.07, 6.45) is 0.603. The molecule has 1 heterocycles. The second-order valence-corrected chi connectivity index (χ2v) is 6.33. The molecule has 0 bridgehead atoms. The second-order valence-electron chi connectivity index (χ2n) is 6.33. The molecule has 1 saturated heterocycles. The van der Waals surface area contributed by atoms with Crippen molar-refractivity contribution in [3.8, 4) is 5.75 Å². The number of amides is 2. The van der Waals surface area contributed by atoms with Gasteiger partial charge in [0.15, 0.2) is 0 Å². The van der Waals surface area contributed by atoms with Crippen LogP contribution in [0.1, 0.15) is 30.6 Å². The highest BCUT2D eigenvalue weighted by atomic mass is 16.5. The van der Waals surface area contributed by atoms with Crippen molar-refractivity contribution >= 4 is 11.8 Å². The van der Waals surface area contributed by atoms with E-state index in [2.05, 4.69) is 5.32 Å². The van der Waals surface area contributed by atoms with Crippen LogP contribution in [-0.4, -0.2) is 56.2 Å². The molecule has 0 aliphatic carbocycles. The molecular formula is C18H26N2O4. The van der Waals surface area contributed by atoms with Gasteiger partial charge < -0.3 is 19.7 Å². The third-order valence-corrected chi connectivity index (χ3v) is 3.97. The van der Waals surface area contributed by atoms with E-state index in [9.17, 15) is 9.59 Å². The molecule has 0 radical (unpaired) electrons. The quantitative estimate of drug-likeness (QED) is 0.860. The highest BCUT2D eigenvalue weighted by molar-refractivity contribution is 5.97. The minimum atomic E-state index is -0.526. The first-order valence-electron chi connectivity index (χ1n) is 8.32. The molecule has 1 aliphatic heterocycles. The first-order chi connectivity index (χ1) is 11.5. The number of hydrogen-bond donors (Lipinski definition) is 1. The fourth-order valence-corrected chi connectivity index (χ4v) is 2.70. The van der Waals surface area contributed by atoms with Crippen molar-refractivity contribution in [3.05, 3.63) is 29.8 Å². The number of carbonyl (C=O) groups is 2. The predicted molar refractivity (Wildman–Crippen MR) is 91.1 cm³/mol. The van der Waals surface area contributed by atoms with E-state index >= 15 is 0 Å². The highest BCUT2D eigenvalue weighted by Gasteiger charge is 2.28. The molecule has 6 nitrogen and oxygen atoms in total. The minimum absolute atomic E-state index is 0.0387. The third kappa shape index (κ3) is 4.96. The van der Waals surface area contributed by atoms with Gasteiger partial charge in [0.1, 0.15) is 11.8 Å². The lowest BCUT2D eigenvalue weighted by molar-refractivity contribution is -0.137. The van der Waals surface area contributed by atoms with Gasteiger partial charge in [0.25, 0.3) is 5.91 Å². The highest BCUT2D eigenvalue weighted by Crippen LogP contribution is 2.14. The molecule has 1 N–H and O–H groups in total. The fourth-order valence-electron chi connectivity index (χ4n) is 2.70. The Labute approximate surface area is 143 Å². The molecule has 1 atom stereocenters. The summed E-state index contributed by atoms with van der Waals surface area (Å²) in [5.74, 6) is 0.609. The number of rotatable bonds is 6. The summed E-state index contributed by atoms with van der Waals surface area (Å²) in [6, 6.07) is 6.39. The average molecular weight is 334 g/mol. The number of nitrogens with one attached hydrogen (secondary N) is 1. The van der Waals surface area contributed by atoms with Gasteiger partial charge in [-0.3, -0.25) is 9.59 Å². The molecule has 6 heteroatoms. The molecular weight excluding hydrogens is 308 g/mol. The van der Waals surface area contributed by atoms with Crippen molar-refractivity contribution in [1.82, 2.24) is 10.2 Å². The number of benzene rings is 1. The number of methoxy groups -OCH3 is 1. The van der Waals surface area contributed by atoms with Gasteiger partial charge >= 0.3 is 0 Å². The Hall–Kier alpha value is -2.08. The summed E-state index contributed by atoms with van der Waals surface area (Å²) in [5.41, 5.74) is 0.484. The Morgan fingerprint density at radius 3 is 2.62 bits per heavy atom. The predicted octanol–water partition coefficient (Wildman–Crippen LogP) is 1.70. The van der Waals surface area contributed by atoms with Gasteiger partial charge in [-0.15, -0.1) is 0 Å². The lowest BCUT2D eigenvalue weighted by Crippen LogP contribution is -2.52. The summed E-state index contributed by atoms with van der Waals surface area (Å²) >= 11 is 0. The van der Waals surface area contributed by atoms with Crippen LogP contribution in [0.3, 0.4) is 0 Å². The van der Waals surface area contributed by atoms with Crippen LogP contribution in [0.5, 0.6) is 5.75 Å². The maximum absolute atomic E-state index is 12.8. The molecule has 0 aromatic heterocycles. The van der Waals surface area contributed by atoms with Gasteiger partial charge in [0.05, 0.1) is 20.3 Å². The Morgan fingerprint density at radius 2 is 2.00 bits per heavy atom. The van der Waals surface area contributed by atoms with Crippen LogP contribution >= 0.6 is 0 Å². The van der Waals surface area contributed by atoms with Crippen LogP contribution in [0, 0.1) is 5.92 Å². The minimum Gasteiger partial charge on any atom is -0.497 e. The average Bonchev–Trinajstić information content (AvgIpc) is 2.60. The first kappa shape index (κ1) is 18.3. The van der Waals surface area contributed by atoms with Crippen molar-refractivity contribution in [1.29, 1.82) is 0 Å². The molecule has 132 valence electrons. The van der Waals surface area contributed by atoms with Gasteiger partial charge in [0, 0.05) is 18.7 Å². The van der Waals surface area contributed by atoms with Crippen molar-refractivity contribution < 1.29 is 19.1 Å². The van der Waals surface area contributed by atoms with E-state index in [1.54, 1.807) is 36.3 Å². The van der Waals surface area contributed by atoms with Crippen LogP contribution in [0.25, 0.3) is 0 Å². The molecule has 1 aromatic rings. The first-order valence-corrected chi connectivity index (χ1v) is 8.32. The number of nitrogens with zero attached hydrogens (tertiary/aromatic N) is 1. The zero-order chi connectivity index (χ0) is 17.5. The van der Waals surface area contributed by atoms with Crippen LogP contribution < -0.4 is 10.1 Å². The summed E-state index contributed by atoms with van der Waals surface area (Å²) in [7, 11) is 1.56. The molecule has 1 aliphatic rings. The molecule has 0 saturated carbocycles. The maximum atomic E-state index is 12.8. The molecule has 24 heavy (non-hydrogen) atoms. The summed E-state index contributed by atoms with van der Waals surface area (Å²) in [4.78, 5) is 27.1. The Morgan fingerprint density at radius 1 is 1.29 bits per heavy atom. The van der Waals surface area contributed by atoms with Crippen molar-refractivity contribution in [2.45, 2.75) is 26.3 Å². The number of hydrogen-bond acceptors (Lipinski definition) is 4. The Bertz CT molecular complexity index is 568.